The van der Waals surface area contributed by atoms with E-state index in [1.165, 1.54) is 14.2 Å². The van der Waals surface area contributed by atoms with E-state index in [2.05, 4.69) is 10.6 Å². The van der Waals surface area contributed by atoms with Gasteiger partial charge in [0.15, 0.2) is 6.61 Å². The Hall–Kier alpha value is -3.85. The monoisotopic (exact) mass is 454 g/mol. The molecule has 1 heterocycles. The fourth-order valence-electron chi connectivity index (χ4n) is 2.88. The van der Waals surface area contributed by atoms with Gasteiger partial charge in [-0.05, 0) is 36.8 Å². The lowest BCUT2D eigenvalue weighted by atomic mass is 10.1. The maximum atomic E-state index is 12.9. The minimum atomic E-state index is -0.654. The zero-order valence-corrected chi connectivity index (χ0v) is 18.6. The molecule has 0 fully saturated rings. The number of methoxy groups -OCH3 is 2. The Morgan fingerprint density at radius 2 is 1.66 bits per heavy atom. The van der Waals surface area contributed by atoms with Gasteiger partial charge in [-0.1, -0.05) is 24.3 Å². The average molecular weight is 455 g/mol. The molecule has 1 aromatic heterocycles. The van der Waals surface area contributed by atoms with Crippen molar-refractivity contribution in [1.82, 2.24) is 0 Å². The van der Waals surface area contributed by atoms with Crippen LogP contribution in [0.4, 0.5) is 10.7 Å². The summed E-state index contributed by atoms with van der Waals surface area (Å²) in [6, 6.07) is 15.8. The predicted molar refractivity (Wildman–Crippen MR) is 122 cm³/mol. The number of carbonyl (C=O) groups is 3. The van der Waals surface area contributed by atoms with Crippen molar-refractivity contribution in [3.63, 3.8) is 0 Å². The third kappa shape index (κ3) is 5.44. The van der Waals surface area contributed by atoms with Gasteiger partial charge in [0.2, 0.25) is 0 Å². The standard InChI is InChI=1S/C23H22N2O6S/c1-14-19(23(28)30-3)22(25-18(26)13-31-16-9-5-4-6-10-16)32-20(14)21(27)24-15-8-7-11-17(12-15)29-2/h4-12H,13H2,1-3H3,(H,24,27)(H,25,26). The van der Waals surface area contributed by atoms with Gasteiger partial charge in [0.25, 0.3) is 11.8 Å². The fourth-order valence-corrected chi connectivity index (χ4v) is 3.99. The van der Waals surface area contributed by atoms with Crippen LogP contribution >= 0.6 is 11.3 Å². The second-order valence-electron chi connectivity index (χ2n) is 6.59. The molecule has 3 aromatic rings. The van der Waals surface area contributed by atoms with E-state index in [-0.39, 0.29) is 22.0 Å². The van der Waals surface area contributed by atoms with Crippen LogP contribution in [0.3, 0.4) is 0 Å². The lowest BCUT2D eigenvalue weighted by Crippen LogP contribution is -2.21. The molecular formula is C23H22N2O6S. The van der Waals surface area contributed by atoms with E-state index in [0.29, 0.717) is 22.7 Å². The molecule has 2 amide bonds. The molecular weight excluding hydrogens is 432 g/mol. The summed E-state index contributed by atoms with van der Waals surface area (Å²) in [6.07, 6.45) is 0. The van der Waals surface area contributed by atoms with Crippen LogP contribution in [-0.2, 0) is 9.53 Å². The van der Waals surface area contributed by atoms with E-state index < -0.39 is 17.8 Å². The van der Waals surface area contributed by atoms with E-state index in [1.807, 2.05) is 6.07 Å². The number of rotatable bonds is 8. The summed E-state index contributed by atoms with van der Waals surface area (Å²) >= 11 is 0.986. The van der Waals surface area contributed by atoms with E-state index in [0.717, 1.165) is 11.3 Å². The van der Waals surface area contributed by atoms with Crippen LogP contribution in [0.2, 0.25) is 0 Å². The highest BCUT2D eigenvalue weighted by atomic mass is 32.1. The maximum absolute atomic E-state index is 12.9. The number of anilines is 2. The van der Waals surface area contributed by atoms with Gasteiger partial charge in [0.05, 0.1) is 24.7 Å². The third-order valence-electron chi connectivity index (χ3n) is 4.44. The summed E-state index contributed by atoms with van der Waals surface area (Å²) < 4.78 is 15.4. The van der Waals surface area contributed by atoms with E-state index in [4.69, 9.17) is 14.2 Å². The molecule has 2 aromatic carbocycles. The first kappa shape index (κ1) is 22.8. The Kier molecular flexibility index (Phi) is 7.45. The number of amides is 2. The summed E-state index contributed by atoms with van der Waals surface area (Å²) in [5.74, 6) is -0.422. The van der Waals surface area contributed by atoms with Crippen molar-refractivity contribution in [2.45, 2.75) is 6.92 Å². The normalized spacial score (nSPS) is 10.2. The summed E-state index contributed by atoms with van der Waals surface area (Å²) in [5, 5.41) is 5.64. The first-order valence-corrected chi connectivity index (χ1v) is 10.4. The van der Waals surface area contributed by atoms with Crippen molar-refractivity contribution in [2.75, 3.05) is 31.5 Å². The Balaban J connectivity index is 1.79. The maximum Gasteiger partial charge on any atom is 0.341 e. The number of para-hydroxylation sites is 1. The van der Waals surface area contributed by atoms with Crippen molar-refractivity contribution >= 4 is 39.8 Å². The van der Waals surface area contributed by atoms with Crippen LogP contribution in [0.5, 0.6) is 11.5 Å². The minimum Gasteiger partial charge on any atom is -0.497 e. The number of esters is 1. The highest BCUT2D eigenvalue weighted by Crippen LogP contribution is 2.34. The van der Waals surface area contributed by atoms with Gasteiger partial charge in [-0.3, -0.25) is 9.59 Å². The summed E-state index contributed by atoms with van der Waals surface area (Å²) in [5.41, 5.74) is 1.06. The molecule has 0 aliphatic heterocycles. The van der Waals surface area contributed by atoms with E-state index >= 15 is 0 Å². The first-order chi connectivity index (χ1) is 15.4. The Morgan fingerprint density at radius 3 is 2.34 bits per heavy atom. The second kappa shape index (κ2) is 10.5. The zero-order valence-electron chi connectivity index (χ0n) is 17.8. The van der Waals surface area contributed by atoms with Crippen molar-refractivity contribution in [3.8, 4) is 11.5 Å². The molecule has 0 atom stereocenters. The molecule has 0 aliphatic rings. The molecule has 2 N–H and O–H groups in total. The topological polar surface area (TPSA) is 103 Å². The summed E-state index contributed by atoms with van der Waals surface area (Å²) in [4.78, 5) is 37.9. The van der Waals surface area contributed by atoms with Crippen molar-refractivity contribution in [2.24, 2.45) is 0 Å². The molecule has 0 aliphatic carbocycles. The molecule has 0 spiro atoms. The number of nitrogens with one attached hydrogen (secondary N) is 2. The van der Waals surface area contributed by atoms with Gasteiger partial charge in [0, 0.05) is 11.8 Å². The fraction of sp³-hybridized carbons (Fsp3) is 0.174. The summed E-state index contributed by atoms with van der Waals surface area (Å²) in [7, 11) is 2.77. The number of ether oxygens (including phenoxy) is 3. The smallest absolute Gasteiger partial charge is 0.341 e. The van der Waals surface area contributed by atoms with Crippen molar-refractivity contribution in [1.29, 1.82) is 0 Å². The minimum absolute atomic E-state index is 0.126. The Bertz CT molecular complexity index is 1130. The first-order valence-electron chi connectivity index (χ1n) is 9.57. The molecule has 166 valence electrons. The second-order valence-corrected chi connectivity index (χ2v) is 7.61. The van der Waals surface area contributed by atoms with Gasteiger partial charge < -0.3 is 24.8 Å². The Labute approximate surface area is 189 Å². The van der Waals surface area contributed by atoms with Gasteiger partial charge >= 0.3 is 5.97 Å². The lowest BCUT2D eigenvalue weighted by Gasteiger charge is -2.07. The van der Waals surface area contributed by atoms with Crippen molar-refractivity contribution < 1.29 is 28.6 Å². The van der Waals surface area contributed by atoms with Crippen LogP contribution in [0.1, 0.15) is 25.6 Å². The number of benzene rings is 2. The molecule has 0 saturated heterocycles. The number of carbonyl (C=O) groups excluding carboxylic acids is 3. The van der Waals surface area contributed by atoms with E-state index in [9.17, 15) is 14.4 Å². The molecule has 0 saturated carbocycles. The number of hydrogen-bond donors (Lipinski definition) is 2. The molecule has 0 unspecified atom stereocenters. The average Bonchev–Trinajstić information content (AvgIpc) is 3.13. The van der Waals surface area contributed by atoms with Gasteiger partial charge in [-0.25, -0.2) is 4.79 Å². The van der Waals surface area contributed by atoms with Crippen LogP contribution in [0.15, 0.2) is 54.6 Å². The largest absolute Gasteiger partial charge is 0.497 e. The predicted octanol–water partition coefficient (Wildman–Crippen LogP) is 4.12. The molecule has 0 bridgehead atoms. The van der Waals surface area contributed by atoms with Crippen LogP contribution in [0.25, 0.3) is 0 Å². The highest BCUT2D eigenvalue weighted by Gasteiger charge is 2.26. The molecule has 8 nitrogen and oxygen atoms in total. The van der Waals surface area contributed by atoms with Crippen molar-refractivity contribution in [3.05, 3.63) is 70.6 Å². The molecule has 32 heavy (non-hydrogen) atoms. The van der Waals surface area contributed by atoms with E-state index in [1.54, 1.807) is 55.5 Å². The Morgan fingerprint density at radius 1 is 0.938 bits per heavy atom. The van der Waals surface area contributed by atoms with Gasteiger partial charge in [-0.15, -0.1) is 11.3 Å². The number of thiophene rings is 1. The molecule has 9 heteroatoms. The van der Waals surface area contributed by atoms with Crippen LogP contribution in [0, 0.1) is 6.92 Å². The molecule has 0 radical (unpaired) electrons. The SMILES string of the molecule is COC(=O)c1c(NC(=O)COc2ccccc2)sc(C(=O)Nc2cccc(OC)c2)c1C. The molecule has 3 rings (SSSR count). The van der Waals surface area contributed by atoms with Gasteiger partial charge in [-0.2, -0.15) is 0 Å². The number of hydrogen-bond acceptors (Lipinski definition) is 7. The van der Waals surface area contributed by atoms with Crippen LogP contribution in [-0.4, -0.2) is 38.6 Å². The third-order valence-corrected chi connectivity index (χ3v) is 5.64. The zero-order chi connectivity index (χ0) is 23.1. The van der Waals surface area contributed by atoms with Crippen LogP contribution < -0.4 is 20.1 Å². The van der Waals surface area contributed by atoms with Gasteiger partial charge in [0.1, 0.15) is 16.5 Å². The highest BCUT2D eigenvalue weighted by molar-refractivity contribution is 7.18. The summed E-state index contributed by atoms with van der Waals surface area (Å²) in [6.45, 7) is 1.37. The lowest BCUT2D eigenvalue weighted by molar-refractivity contribution is -0.118. The quantitative estimate of drug-likeness (QED) is 0.497.